The standard InChI is InChI=1S/C11H20N2O3/c1-7(2)9(12)5-10(14)13-4-3-8(6-13)11(15)16/h7-9H,3-6,12H2,1-2H3,(H,15,16). The molecular formula is C11H20N2O3. The Balaban J connectivity index is 2.42. The lowest BCUT2D eigenvalue weighted by Gasteiger charge is -2.20. The van der Waals surface area contributed by atoms with Gasteiger partial charge in [-0.15, -0.1) is 0 Å². The normalized spacial score (nSPS) is 22.5. The quantitative estimate of drug-likeness (QED) is 0.724. The van der Waals surface area contributed by atoms with Gasteiger partial charge in [-0.25, -0.2) is 0 Å². The number of carbonyl (C=O) groups is 2. The van der Waals surface area contributed by atoms with Crippen molar-refractivity contribution in [3.63, 3.8) is 0 Å². The van der Waals surface area contributed by atoms with Gasteiger partial charge in [0.25, 0.3) is 0 Å². The van der Waals surface area contributed by atoms with Gasteiger partial charge in [0.15, 0.2) is 0 Å². The Morgan fingerprint density at radius 2 is 2.12 bits per heavy atom. The van der Waals surface area contributed by atoms with Gasteiger partial charge in [-0.1, -0.05) is 13.8 Å². The van der Waals surface area contributed by atoms with E-state index in [0.29, 0.717) is 25.9 Å². The topological polar surface area (TPSA) is 83.6 Å². The summed E-state index contributed by atoms with van der Waals surface area (Å²) in [5, 5.41) is 8.82. The van der Waals surface area contributed by atoms with Crippen molar-refractivity contribution in [3.8, 4) is 0 Å². The molecule has 2 unspecified atom stereocenters. The Labute approximate surface area is 95.6 Å². The van der Waals surface area contributed by atoms with Crippen LogP contribution in [0, 0.1) is 11.8 Å². The molecule has 92 valence electrons. The highest BCUT2D eigenvalue weighted by Gasteiger charge is 2.31. The number of hydrogen-bond donors (Lipinski definition) is 2. The molecule has 1 aliphatic rings. The largest absolute Gasteiger partial charge is 0.481 e. The van der Waals surface area contributed by atoms with E-state index >= 15 is 0 Å². The molecule has 0 spiro atoms. The van der Waals surface area contributed by atoms with Crippen molar-refractivity contribution in [1.82, 2.24) is 4.90 Å². The van der Waals surface area contributed by atoms with E-state index in [9.17, 15) is 9.59 Å². The van der Waals surface area contributed by atoms with Crippen LogP contribution in [0.3, 0.4) is 0 Å². The van der Waals surface area contributed by atoms with Crippen LogP contribution in [0.1, 0.15) is 26.7 Å². The van der Waals surface area contributed by atoms with Crippen LogP contribution in [-0.2, 0) is 9.59 Å². The average molecular weight is 228 g/mol. The molecule has 0 aliphatic carbocycles. The molecular weight excluding hydrogens is 208 g/mol. The number of carboxylic acid groups (broad SMARTS) is 1. The number of likely N-dealkylation sites (tertiary alicyclic amines) is 1. The lowest BCUT2D eigenvalue weighted by atomic mass is 10.0. The molecule has 1 aliphatic heterocycles. The summed E-state index contributed by atoms with van der Waals surface area (Å²) in [6.45, 7) is 4.82. The zero-order chi connectivity index (χ0) is 12.3. The predicted molar refractivity (Wildman–Crippen MR) is 59.8 cm³/mol. The van der Waals surface area contributed by atoms with Crippen LogP contribution < -0.4 is 5.73 Å². The minimum Gasteiger partial charge on any atom is -0.481 e. The van der Waals surface area contributed by atoms with Crippen LogP contribution in [0.15, 0.2) is 0 Å². The van der Waals surface area contributed by atoms with Crippen LogP contribution >= 0.6 is 0 Å². The van der Waals surface area contributed by atoms with Gasteiger partial charge in [0.1, 0.15) is 0 Å². The predicted octanol–water partition coefficient (Wildman–Crippen LogP) is 0.293. The van der Waals surface area contributed by atoms with Crippen LogP contribution in [0.4, 0.5) is 0 Å². The third-order valence-electron chi connectivity index (χ3n) is 3.16. The number of rotatable bonds is 4. The van der Waals surface area contributed by atoms with Crippen molar-refractivity contribution >= 4 is 11.9 Å². The highest BCUT2D eigenvalue weighted by molar-refractivity contribution is 5.79. The smallest absolute Gasteiger partial charge is 0.308 e. The molecule has 0 saturated carbocycles. The second kappa shape index (κ2) is 5.30. The molecule has 5 nitrogen and oxygen atoms in total. The second-order valence-electron chi connectivity index (χ2n) is 4.78. The zero-order valence-electron chi connectivity index (χ0n) is 9.85. The Kier molecular flexibility index (Phi) is 4.29. The minimum atomic E-state index is -0.816. The van der Waals surface area contributed by atoms with Gasteiger partial charge >= 0.3 is 5.97 Å². The van der Waals surface area contributed by atoms with E-state index in [1.807, 2.05) is 13.8 Å². The van der Waals surface area contributed by atoms with Crippen molar-refractivity contribution in [2.45, 2.75) is 32.7 Å². The first-order valence-electron chi connectivity index (χ1n) is 5.68. The second-order valence-corrected chi connectivity index (χ2v) is 4.78. The highest BCUT2D eigenvalue weighted by Crippen LogP contribution is 2.18. The number of aliphatic carboxylic acids is 1. The van der Waals surface area contributed by atoms with E-state index in [-0.39, 0.29) is 17.9 Å². The molecule has 3 N–H and O–H groups in total. The van der Waals surface area contributed by atoms with E-state index in [1.165, 1.54) is 0 Å². The van der Waals surface area contributed by atoms with Crippen LogP contribution in [0.5, 0.6) is 0 Å². The molecule has 0 aromatic heterocycles. The SMILES string of the molecule is CC(C)C(N)CC(=O)N1CCC(C(=O)O)C1. The first-order valence-corrected chi connectivity index (χ1v) is 5.68. The van der Waals surface area contributed by atoms with Gasteiger partial charge in [0, 0.05) is 25.6 Å². The van der Waals surface area contributed by atoms with Gasteiger partial charge in [-0.2, -0.15) is 0 Å². The molecule has 0 radical (unpaired) electrons. The first-order chi connectivity index (χ1) is 7.41. The van der Waals surface area contributed by atoms with Gasteiger partial charge in [0.2, 0.25) is 5.91 Å². The lowest BCUT2D eigenvalue weighted by molar-refractivity contribution is -0.141. The summed E-state index contributed by atoms with van der Waals surface area (Å²) in [6.07, 6.45) is 0.863. The van der Waals surface area contributed by atoms with E-state index in [4.69, 9.17) is 10.8 Å². The maximum atomic E-state index is 11.8. The Morgan fingerprint density at radius 1 is 1.50 bits per heavy atom. The summed E-state index contributed by atoms with van der Waals surface area (Å²) >= 11 is 0. The summed E-state index contributed by atoms with van der Waals surface area (Å²) in [5.41, 5.74) is 5.82. The zero-order valence-corrected chi connectivity index (χ0v) is 9.85. The number of nitrogens with two attached hydrogens (primary N) is 1. The van der Waals surface area contributed by atoms with Gasteiger partial charge < -0.3 is 15.7 Å². The van der Waals surface area contributed by atoms with Gasteiger partial charge in [-0.05, 0) is 12.3 Å². The molecule has 1 heterocycles. The summed E-state index contributed by atoms with van der Waals surface area (Å²) in [6, 6.07) is -0.142. The summed E-state index contributed by atoms with van der Waals surface area (Å²) < 4.78 is 0. The van der Waals surface area contributed by atoms with Gasteiger partial charge in [-0.3, -0.25) is 9.59 Å². The maximum Gasteiger partial charge on any atom is 0.308 e. The molecule has 1 fully saturated rings. The van der Waals surface area contributed by atoms with E-state index < -0.39 is 11.9 Å². The summed E-state index contributed by atoms with van der Waals surface area (Å²) in [5.74, 6) is -0.977. The number of nitrogens with zero attached hydrogens (tertiary/aromatic N) is 1. The summed E-state index contributed by atoms with van der Waals surface area (Å²) in [4.78, 5) is 24.1. The molecule has 0 aromatic carbocycles. The fourth-order valence-electron chi connectivity index (χ4n) is 1.75. The maximum absolute atomic E-state index is 11.8. The van der Waals surface area contributed by atoms with E-state index in [1.54, 1.807) is 4.90 Å². The molecule has 1 amide bonds. The number of amides is 1. The van der Waals surface area contributed by atoms with E-state index in [0.717, 1.165) is 0 Å². The Morgan fingerprint density at radius 3 is 2.56 bits per heavy atom. The van der Waals surface area contributed by atoms with Gasteiger partial charge in [0.05, 0.1) is 5.92 Å². The molecule has 1 saturated heterocycles. The van der Waals surface area contributed by atoms with Crippen molar-refractivity contribution in [2.75, 3.05) is 13.1 Å². The molecule has 2 atom stereocenters. The third kappa shape index (κ3) is 3.20. The van der Waals surface area contributed by atoms with Crippen LogP contribution in [-0.4, -0.2) is 41.0 Å². The molecule has 0 bridgehead atoms. The lowest BCUT2D eigenvalue weighted by Crippen LogP contribution is -2.37. The molecule has 0 aromatic rings. The van der Waals surface area contributed by atoms with Crippen molar-refractivity contribution in [2.24, 2.45) is 17.6 Å². The Bertz CT molecular complexity index is 278. The molecule has 16 heavy (non-hydrogen) atoms. The average Bonchev–Trinajstić information content (AvgIpc) is 2.65. The van der Waals surface area contributed by atoms with Crippen molar-refractivity contribution < 1.29 is 14.7 Å². The molecule has 1 rings (SSSR count). The molecule has 5 heteroatoms. The van der Waals surface area contributed by atoms with Crippen molar-refractivity contribution in [3.05, 3.63) is 0 Å². The summed E-state index contributed by atoms with van der Waals surface area (Å²) in [7, 11) is 0. The first kappa shape index (κ1) is 13.0. The fourth-order valence-corrected chi connectivity index (χ4v) is 1.75. The van der Waals surface area contributed by atoms with Crippen LogP contribution in [0.25, 0.3) is 0 Å². The van der Waals surface area contributed by atoms with E-state index in [2.05, 4.69) is 0 Å². The third-order valence-corrected chi connectivity index (χ3v) is 3.16. The number of hydrogen-bond acceptors (Lipinski definition) is 3. The number of carbonyl (C=O) groups excluding carboxylic acids is 1. The fraction of sp³-hybridized carbons (Fsp3) is 0.818. The highest BCUT2D eigenvalue weighted by atomic mass is 16.4. The Hall–Kier alpha value is -1.10. The van der Waals surface area contributed by atoms with Crippen LogP contribution in [0.2, 0.25) is 0 Å². The number of carboxylic acids is 1. The monoisotopic (exact) mass is 228 g/mol. The minimum absolute atomic E-state index is 0.0232. The van der Waals surface area contributed by atoms with Crippen molar-refractivity contribution in [1.29, 1.82) is 0 Å².